The number of aryl methyl sites for hydroxylation is 2. The predicted octanol–water partition coefficient (Wildman–Crippen LogP) is 9.60. The highest BCUT2D eigenvalue weighted by atomic mass is 35.5. The predicted molar refractivity (Wildman–Crippen MR) is 274 cm³/mol. The van der Waals surface area contributed by atoms with Gasteiger partial charge >= 0.3 is 5.97 Å². The molecule has 3 aliphatic rings. The molecule has 0 bridgehead atoms. The van der Waals surface area contributed by atoms with Crippen LogP contribution in [0.25, 0.3) is 11.1 Å². The SMILES string of the molecule is COC(=O)C(Cc1ccc(-c2ccc(C#N)cc2)cc1)NC(=O)C1Cc2cc3c(cc2CN1S(=O)(=O)c1sc(N(CC2CCCC2)C(C)=O)nc1C)OC(c1ccc(OCc2ccc(C)c(Cl)c2)cc1)CO3. The van der Waals surface area contributed by atoms with Gasteiger partial charge in [-0.05, 0) is 126 Å². The molecule has 14 nitrogen and oxygen atoms in total. The number of nitrogens with one attached hydrogen (secondary N) is 1. The van der Waals surface area contributed by atoms with E-state index in [4.69, 9.17) is 30.5 Å². The second-order valence-electron chi connectivity index (χ2n) is 18.5. The van der Waals surface area contributed by atoms with Gasteiger partial charge in [0.15, 0.2) is 26.9 Å². The maximum absolute atomic E-state index is 15.2. The Morgan fingerprint density at radius 3 is 2.28 bits per heavy atom. The summed E-state index contributed by atoms with van der Waals surface area (Å²) in [5, 5.41) is 13.0. The lowest BCUT2D eigenvalue weighted by Crippen LogP contribution is -2.56. The number of rotatable bonds is 15. The molecule has 0 saturated heterocycles. The van der Waals surface area contributed by atoms with Crippen LogP contribution in [0.2, 0.25) is 5.02 Å². The molecule has 6 aromatic rings. The average Bonchev–Trinajstić information content (AvgIpc) is 4.06. The number of nitriles is 1. The Morgan fingerprint density at radius 1 is 0.931 bits per heavy atom. The normalized spacial score (nSPS) is 17.1. The Balaban J connectivity index is 0.982. The number of thiazole rings is 1. The summed E-state index contributed by atoms with van der Waals surface area (Å²) in [4.78, 5) is 47.4. The van der Waals surface area contributed by atoms with Crippen molar-refractivity contribution in [1.82, 2.24) is 14.6 Å². The Bertz CT molecular complexity index is 3150. The van der Waals surface area contributed by atoms with Gasteiger partial charge in [0.1, 0.15) is 31.0 Å². The molecule has 1 fully saturated rings. The number of methoxy groups -OCH3 is 1. The van der Waals surface area contributed by atoms with Crippen molar-refractivity contribution in [2.45, 2.75) is 94.8 Å². The second kappa shape index (κ2) is 21.5. The summed E-state index contributed by atoms with van der Waals surface area (Å²) in [6.45, 7) is 5.75. The molecule has 9 rings (SSSR count). The standard InChI is InChI=1S/C55H54ClN5O9S2/c1-33-9-10-39(23-46(33)56)31-68-45-21-19-42(20-22-45)51-32-69-49-26-43-25-48(52(63)59-47(53(64)67-4)24-36-11-15-40(16-12-36)41-17-13-37(28-57)14-18-41)61(30-44(43)27-50(49)70-51)72(65,66)54-34(2)58-55(71-54)60(35(3)62)29-38-7-5-6-8-38/h9-23,26-27,38,47-48,51H,5-8,24-25,29-32H2,1-4H3,(H,59,63). The van der Waals surface area contributed by atoms with Crippen molar-refractivity contribution in [3.8, 4) is 34.4 Å². The maximum Gasteiger partial charge on any atom is 0.328 e. The Hall–Kier alpha value is -6.77. The minimum absolute atomic E-state index is 0.0552. The molecule has 0 spiro atoms. The lowest BCUT2D eigenvalue weighted by atomic mass is 9.93. The van der Waals surface area contributed by atoms with E-state index < -0.39 is 40.1 Å². The number of anilines is 1. The highest BCUT2D eigenvalue weighted by Crippen LogP contribution is 2.43. The zero-order chi connectivity index (χ0) is 50.7. The minimum Gasteiger partial charge on any atom is -0.489 e. The molecule has 2 amide bonds. The summed E-state index contributed by atoms with van der Waals surface area (Å²) in [6, 6.07) is 31.2. The first kappa shape index (κ1) is 50.2. The number of aromatic nitrogens is 1. The smallest absolute Gasteiger partial charge is 0.328 e. The summed E-state index contributed by atoms with van der Waals surface area (Å²) in [5.74, 6) is 0.173. The number of hydrogen-bond acceptors (Lipinski definition) is 12. The summed E-state index contributed by atoms with van der Waals surface area (Å²) in [6.07, 6.45) is 3.61. The van der Waals surface area contributed by atoms with Gasteiger partial charge in [0.2, 0.25) is 11.8 Å². The quantitative estimate of drug-likeness (QED) is 0.0969. The number of esters is 1. The van der Waals surface area contributed by atoms with E-state index in [0.29, 0.717) is 52.1 Å². The van der Waals surface area contributed by atoms with Crippen molar-refractivity contribution >= 4 is 55.9 Å². The zero-order valence-electron chi connectivity index (χ0n) is 40.4. The lowest BCUT2D eigenvalue weighted by molar-refractivity contribution is -0.145. The summed E-state index contributed by atoms with van der Waals surface area (Å²) >= 11 is 7.22. The van der Waals surface area contributed by atoms with Crippen LogP contribution >= 0.6 is 22.9 Å². The van der Waals surface area contributed by atoms with Crippen LogP contribution in [0, 0.1) is 31.1 Å². The molecule has 1 N–H and O–H groups in total. The topological polar surface area (TPSA) is 177 Å². The summed E-state index contributed by atoms with van der Waals surface area (Å²) in [5.41, 5.74) is 7.32. The minimum atomic E-state index is -4.49. The first-order chi connectivity index (χ1) is 34.7. The largest absolute Gasteiger partial charge is 0.489 e. The first-order valence-electron chi connectivity index (χ1n) is 23.9. The van der Waals surface area contributed by atoms with Crippen LogP contribution in [-0.4, -0.2) is 67.8 Å². The van der Waals surface area contributed by atoms with Gasteiger partial charge in [-0.2, -0.15) is 9.57 Å². The summed E-state index contributed by atoms with van der Waals surface area (Å²) in [7, 11) is -3.26. The van der Waals surface area contributed by atoms with Crippen molar-refractivity contribution in [2.24, 2.45) is 5.92 Å². The Morgan fingerprint density at radius 2 is 1.61 bits per heavy atom. The number of ether oxygens (including phenoxy) is 4. The number of halogens is 1. The molecule has 1 aromatic heterocycles. The van der Waals surface area contributed by atoms with Crippen LogP contribution in [0.4, 0.5) is 5.13 Å². The molecule has 17 heteroatoms. The molecular weight excluding hydrogens is 974 g/mol. The highest BCUT2D eigenvalue weighted by molar-refractivity contribution is 7.91. The molecule has 372 valence electrons. The fourth-order valence-corrected chi connectivity index (χ4v) is 12.9. The average molecular weight is 1030 g/mol. The monoisotopic (exact) mass is 1030 g/mol. The van der Waals surface area contributed by atoms with Crippen LogP contribution in [-0.2, 0) is 55.1 Å². The van der Waals surface area contributed by atoms with Crippen LogP contribution in [0.3, 0.4) is 0 Å². The number of hydrogen-bond donors (Lipinski definition) is 1. The van der Waals surface area contributed by atoms with Crippen molar-refractivity contribution in [3.63, 3.8) is 0 Å². The van der Waals surface area contributed by atoms with E-state index in [1.54, 1.807) is 36.1 Å². The highest BCUT2D eigenvalue weighted by Gasteiger charge is 2.44. The van der Waals surface area contributed by atoms with Crippen LogP contribution < -0.4 is 24.4 Å². The molecule has 0 radical (unpaired) electrons. The van der Waals surface area contributed by atoms with E-state index in [1.807, 2.05) is 85.8 Å². The van der Waals surface area contributed by atoms with Crippen molar-refractivity contribution < 1.29 is 41.7 Å². The molecule has 1 saturated carbocycles. The van der Waals surface area contributed by atoms with E-state index in [1.165, 1.54) is 14.0 Å². The third-order valence-corrected chi connectivity index (χ3v) is 17.6. The third kappa shape index (κ3) is 11.0. The number of sulfonamides is 1. The van der Waals surface area contributed by atoms with Gasteiger partial charge in [-0.15, -0.1) is 0 Å². The molecule has 1 aliphatic carbocycles. The zero-order valence-corrected chi connectivity index (χ0v) is 42.7. The summed E-state index contributed by atoms with van der Waals surface area (Å²) < 4.78 is 55.4. The fraction of sp³-hybridized carbons (Fsp3) is 0.327. The second-order valence-corrected chi connectivity index (χ2v) is 22.0. The number of amides is 2. The van der Waals surface area contributed by atoms with Crippen LogP contribution in [0.1, 0.15) is 83.3 Å². The van der Waals surface area contributed by atoms with E-state index in [2.05, 4.69) is 16.4 Å². The fourth-order valence-electron chi connectivity index (χ4n) is 9.47. The number of fused-ring (bicyclic) bond motifs is 2. The molecule has 3 heterocycles. The van der Waals surface area contributed by atoms with E-state index in [0.717, 1.165) is 74.7 Å². The van der Waals surface area contributed by atoms with E-state index >= 15 is 8.42 Å². The Kier molecular flexibility index (Phi) is 15.0. The van der Waals surface area contributed by atoms with Crippen molar-refractivity contribution in [1.29, 1.82) is 5.26 Å². The number of benzene rings is 5. The molecule has 5 aromatic carbocycles. The Labute approximate surface area is 428 Å². The lowest BCUT2D eigenvalue weighted by Gasteiger charge is -2.36. The van der Waals surface area contributed by atoms with Gasteiger partial charge in [0.25, 0.3) is 10.0 Å². The van der Waals surface area contributed by atoms with Crippen molar-refractivity contribution in [2.75, 3.05) is 25.2 Å². The third-order valence-electron chi connectivity index (χ3n) is 13.6. The van der Waals surface area contributed by atoms with Crippen LogP contribution in [0.5, 0.6) is 17.2 Å². The number of carbonyl (C=O) groups is 3. The van der Waals surface area contributed by atoms with Gasteiger partial charge in [-0.3, -0.25) is 14.5 Å². The first-order valence-corrected chi connectivity index (χ1v) is 26.5. The number of nitrogens with zero attached hydrogens (tertiary/aromatic N) is 4. The van der Waals surface area contributed by atoms with Gasteiger partial charge < -0.3 is 24.3 Å². The van der Waals surface area contributed by atoms with Gasteiger partial charge in [0, 0.05) is 31.5 Å². The molecular formula is C55H54ClN5O9S2. The van der Waals surface area contributed by atoms with Gasteiger partial charge in [-0.1, -0.05) is 96.4 Å². The molecule has 72 heavy (non-hydrogen) atoms. The van der Waals surface area contributed by atoms with E-state index in [-0.39, 0.29) is 52.9 Å². The van der Waals surface area contributed by atoms with Gasteiger partial charge in [0.05, 0.1) is 24.4 Å². The van der Waals surface area contributed by atoms with Crippen molar-refractivity contribution in [3.05, 3.63) is 153 Å². The van der Waals surface area contributed by atoms with E-state index in [9.17, 15) is 19.6 Å². The molecule has 3 unspecified atom stereocenters. The molecule has 2 aliphatic heterocycles. The maximum atomic E-state index is 15.2. The number of carbonyl (C=O) groups excluding carboxylic acids is 3. The molecule has 3 atom stereocenters. The van der Waals surface area contributed by atoms with Crippen LogP contribution in [0.15, 0.2) is 107 Å². The van der Waals surface area contributed by atoms with Gasteiger partial charge in [-0.25, -0.2) is 18.2 Å².